The van der Waals surface area contributed by atoms with Gasteiger partial charge in [0, 0.05) is 43.1 Å². The summed E-state index contributed by atoms with van der Waals surface area (Å²) in [6.45, 7) is 4.91. The van der Waals surface area contributed by atoms with E-state index in [9.17, 15) is 14.4 Å². The highest BCUT2D eigenvalue weighted by atomic mass is 16.2. The number of aromatic nitrogens is 2. The molecule has 2 heterocycles. The lowest BCUT2D eigenvalue weighted by atomic mass is 9.96. The first kappa shape index (κ1) is 19.6. The molecule has 3 N–H and O–H groups in total. The number of nitrogens with zero attached hydrogens (tertiary/aromatic N) is 3. The summed E-state index contributed by atoms with van der Waals surface area (Å²) in [5, 5.41) is 6.88. The van der Waals surface area contributed by atoms with E-state index in [0.29, 0.717) is 35.5 Å². The lowest BCUT2D eigenvalue weighted by molar-refractivity contribution is -0.122. The van der Waals surface area contributed by atoms with E-state index in [-0.39, 0.29) is 11.8 Å². The van der Waals surface area contributed by atoms with Crippen LogP contribution < -0.4 is 16.0 Å². The van der Waals surface area contributed by atoms with Crippen LogP contribution in [0.25, 0.3) is 0 Å². The highest BCUT2D eigenvalue weighted by Gasteiger charge is 2.25. The van der Waals surface area contributed by atoms with Gasteiger partial charge in [-0.05, 0) is 44.9 Å². The minimum atomic E-state index is -0.691. The molecule has 0 saturated carbocycles. The number of hydrogen-bond acceptors (Lipinski definition) is 5. The van der Waals surface area contributed by atoms with Crippen LogP contribution in [0.1, 0.15) is 34.6 Å². The van der Waals surface area contributed by atoms with Crippen molar-refractivity contribution in [2.45, 2.75) is 26.7 Å². The molecule has 8 nitrogen and oxygen atoms in total. The van der Waals surface area contributed by atoms with Crippen LogP contribution in [0.3, 0.4) is 0 Å². The monoisotopic (exact) mass is 383 g/mol. The third-order valence-corrected chi connectivity index (χ3v) is 5.31. The van der Waals surface area contributed by atoms with Crippen LogP contribution >= 0.6 is 0 Å². The van der Waals surface area contributed by atoms with Gasteiger partial charge in [0.25, 0.3) is 11.7 Å². The maximum absolute atomic E-state index is 12.6. The Labute approximate surface area is 163 Å². The van der Waals surface area contributed by atoms with E-state index in [1.807, 2.05) is 18.2 Å². The Morgan fingerprint density at radius 3 is 2.43 bits per heavy atom. The summed E-state index contributed by atoms with van der Waals surface area (Å²) in [7, 11) is 1.74. The topological polar surface area (TPSA) is 110 Å². The summed E-state index contributed by atoms with van der Waals surface area (Å²) in [6, 6.07) is 7.35. The Hall–Kier alpha value is -3.16. The molecular weight excluding hydrogens is 358 g/mol. The number of Topliss-reactive ketones (excluding diaryl/α,β-unsaturated/α-hetero) is 1. The lowest BCUT2D eigenvalue weighted by Crippen LogP contribution is -2.38. The summed E-state index contributed by atoms with van der Waals surface area (Å²) in [5.74, 6) is -1.62. The van der Waals surface area contributed by atoms with Crippen molar-refractivity contribution < 1.29 is 14.4 Å². The van der Waals surface area contributed by atoms with Crippen molar-refractivity contribution in [1.29, 1.82) is 0 Å². The Kier molecular flexibility index (Phi) is 5.48. The number of nitrogens with two attached hydrogens (primary N) is 1. The zero-order valence-electron chi connectivity index (χ0n) is 16.4. The predicted octanol–water partition coefficient (Wildman–Crippen LogP) is 1.56. The van der Waals surface area contributed by atoms with Gasteiger partial charge in [-0.2, -0.15) is 5.10 Å². The number of primary amides is 1. The lowest BCUT2D eigenvalue weighted by Gasteiger charge is -2.32. The minimum Gasteiger partial charge on any atom is -0.371 e. The van der Waals surface area contributed by atoms with Crippen LogP contribution in [0.4, 0.5) is 11.4 Å². The van der Waals surface area contributed by atoms with Crippen molar-refractivity contribution in [2.24, 2.45) is 18.7 Å². The maximum Gasteiger partial charge on any atom is 0.296 e. The molecular formula is C20H25N5O3. The number of carbonyl (C=O) groups is 3. The number of hydrogen-bond donors (Lipinski definition) is 2. The van der Waals surface area contributed by atoms with E-state index in [1.54, 1.807) is 31.6 Å². The first-order chi connectivity index (χ1) is 13.3. The third kappa shape index (κ3) is 3.90. The van der Waals surface area contributed by atoms with E-state index < -0.39 is 11.7 Å². The van der Waals surface area contributed by atoms with Crippen molar-refractivity contribution in [3.63, 3.8) is 0 Å². The quantitative estimate of drug-likeness (QED) is 0.601. The Bertz CT molecular complexity index is 926. The normalized spacial score (nSPS) is 14.8. The number of piperidine rings is 1. The molecule has 1 aromatic heterocycles. The average Bonchev–Trinajstić information content (AvgIpc) is 2.93. The largest absolute Gasteiger partial charge is 0.371 e. The van der Waals surface area contributed by atoms with Crippen LogP contribution in [0, 0.1) is 19.8 Å². The van der Waals surface area contributed by atoms with Gasteiger partial charge in [0.15, 0.2) is 0 Å². The molecule has 1 aromatic carbocycles. The number of aryl methyl sites for hydroxylation is 2. The minimum absolute atomic E-state index is 0.0808. The molecule has 8 heteroatoms. The average molecular weight is 383 g/mol. The summed E-state index contributed by atoms with van der Waals surface area (Å²) in [6.07, 6.45) is 1.42. The smallest absolute Gasteiger partial charge is 0.296 e. The van der Waals surface area contributed by atoms with E-state index >= 15 is 0 Å². The zero-order valence-corrected chi connectivity index (χ0v) is 16.4. The number of benzene rings is 1. The van der Waals surface area contributed by atoms with Gasteiger partial charge in [0.2, 0.25) is 5.91 Å². The first-order valence-corrected chi connectivity index (χ1v) is 9.28. The molecule has 0 atom stereocenters. The van der Waals surface area contributed by atoms with Gasteiger partial charge in [-0.3, -0.25) is 19.1 Å². The van der Waals surface area contributed by atoms with E-state index in [1.165, 1.54) is 0 Å². The molecule has 0 aliphatic carbocycles. The predicted molar refractivity (Wildman–Crippen MR) is 106 cm³/mol. The van der Waals surface area contributed by atoms with E-state index in [0.717, 1.165) is 18.8 Å². The second kappa shape index (κ2) is 7.84. The highest BCUT2D eigenvalue weighted by Crippen LogP contribution is 2.25. The summed E-state index contributed by atoms with van der Waals surface area (Å²) in [4.78, 5) is 38.5. The van der Waals surface area contributed by atoms with Crippen molar-refractivity contribution >= 4 is 29.0 Å². The zero-order chi connectivity index (χ0) is 20.4. The van der Waals surface area contributed by atoms with Gasteiger partial charge in [0.1, 0.15) is 0 Å². The Morgan fingerprint density at radius 1 is 1.18 bits per heavy atom. The fourth-order valence-electron chi connectivity index (χ4n) is 3.61. The Balaban J connectivity index is 1.70. The molecule has 1 aliphatic heterocycles. The Morgan fingerprint density at radius 2 is 1.86 bits per heavy atom. The molecule has 3 rings (SSSR count). The molecule has 0 spiro atoms. The number of nitrogens with one attached hydrogen (secondary N) is 1. The molecule has 1 aliphatic rings. The van der Waals surface area contributed by atoms with E-state index in [4.69, 9.17) is 5.73 Å². The third-order valence-electron chi connectivity index (χ3n) is 5.31. The van der Waals surface area contributed by atoms with Gasteiger partial charge < -0.3 is 16.0 Å². The van der Waals surface area contributed by atoms with Crippen molar-refractivity contribution in [3.05, 3.63) is 41.2 Å². The van der Waals surface area contributed by atoms with Gasteiger partial charge in [-0.15, -0.1) is 0 Å². The molecule has 0 radical (unpaired) electrons. The van der Waals surface area contributed by atoms with Crippen molar-refractivity contribution in [1.82, 2.24) is 9.78 Å². The fourth-order valence-corrected chi connectivity index (χ4v) is 3.61. The van der Waals surface area contributed by atoms with Crippen LogP contribution in [0.5, 0.6) is 0 Å². The molecule has 0 unspecified atom stereocenters. The van der Waals surface area contributed by atoms with Gasteiger partial charge >= 0.3 is 0 Å². The molecule has 1 fully saturated rings. The number of rotatable bonds is 5. The summed E-state index contributed by atoms with van der Waals surface area (Å²) >= 11 is 0. The molecule has 28 heavy (non-hydrogen) atoms. The molecule has 2 aromatic rings. The molecule has 148 valence electrons. The summed E-state index contributed by atoms with van der Waals surface area (Å²) < 4.78 is 1.59. The van der Waals surface area contributed by atoms with Gasteiger partial charge in [-0.25, -0.2) is 0 Å². The number of carbonyl (C=O) groups excluding carboxylic acids is 3. The van der Waals surface area contributed by atoms with Crippen LogP contribution in [0.2, 0.25) is 0 Å². The highest BCUT2D eigenvalue weighted by molar-refractivity contribution is 6.47. The number of anilines is 2. The first-order valence-electron chi connectivity index (χ1n) is 9.28. The molecule has 1 saturated heterocycles. The van der Waals surface area contributed by atoms with E-state index in [2.05, 4.69) is 15.3 Å². The van der Waals surface area contributed by atoms with Crippen LogP contribution in [0.15, 0.2) is 24.3 Å². The van der Waals surface area contributed by atoms with Crippen molar-refractivity contribution in [3.8, 4) is 0 Å². The SMILES string of the molecule is Cc1nn(C)c(C)c1C(=O)C(=O)Nc1cccc(N2CCC(C(N)=O)CC2)c1. The second-order valence-corrected chi connectivity index (χ2v) is 7.17. The van der Waals surface area contributed by atoms with Gasteiger partial charge in [0.05, 0.1) is 11.3 Å². The number of amides is 2. The van der Waals surface area contributed by atoms with Crippen molar-refractivity contribution in [2.75, 3.05) is 23.3 Å². The number of ketones is 1. The fraction of sp³-hybridized carbons (Fsp3) is 0.400. The van der Waals surface area contributed by atoms with Crippen LogP contribution in [-0.4, -0.2) is 40.5 Å². The maximum atomic E-state index is 12.6. The van der Waals surface area contributed by atoms with Crippen LogP contribution in [-0.2, 0) is 16.6 Å². The molecule has 0 bridgehead atoms. The summed E-state index contributed by atoms with van der Waals surface area (Å²) in [5.41, 5.74) is 8.39. The standard InChI is InChI=1S/C20H25N5O3/c1-12-17(13(2)24(3)23-12)18(26)20(28)22-15-5-4-6-16(11-15)25-9-7-14(8-10-25)19(21)27/h4-6,11,14H,7-10H2,1-3H3,(H2,21,27)(H,22,28). The second-order valence-electron chi connectivity index (χ2n) is 7.17. The van der Waals surface area contributed by atoms with Gasteiger partial charge in [-0.1, -0.05) is 6.07 Å². The molecule has 2 amide bonds.